The van der Waals surface area contributed by atoms with Crippen LogP contribution in [0.1, 0.15) is 50.7 Å². The van der Waals surface area contributed by atoms with Gasteiger partial charge in [-0.3, -0.25) is 4.79 Å². The Kier molecular flexibility index (Phi) is 4.01. The number of phenolic OH excluding ortho intramolecular Hbond substituents is 1. The molecule has 0 radical (unpaired) electrons. The molecule has 1 saturated carbocycles. The van der Waals surface area contributed by atoms with Gasteiger partial charge in [-0.1, -0.05) is 13.0 Å². The summed E-state index contributed by atoms with van der Waals surface area (Å²) in [5.41, 5.74) is 0.562. The molecule has 3 atom stereocenters. The van der Waals surface area contributed by atoms with Crippen molar-refractivity contribution in [2.45, 2.75) is 63.0 Å². The third-order valence-corrected chi connectivity index (χ3v) is 6.35. The first-order valence-corrected chi connectivity index (χ1v) is 8.61. The molecule has 1 heterocycles. The number of aromatic hydroxyl groups is 1. The van der Waals surface area contributed by atoms with E-state index in [4.69, 9.17) is 0 Å². The van der Waals surface area contributed by atoms with E-state index in [1.807, 2.05) is 13.1 Å². The summed E-state index contributed by atoms with van der Waals surface area (Å²) in [7, 11) is 2.03. The van der Waals surface area contributed by atoms with Crippen LogP contribution in [0.15, 0.2) is 18.2 Å². The number of rotatable bonds is 2. The van der Waals surface area contributed by atoms with E-state index < -0.39 is 11.0 Å². The standard InChI is InChI=1S/C19H27NO3/c1-4-14-5-6-15(21)11-17(14)18-9-10-20(3)13(2)19(18,23)8-7-16(22)12-18/h5-6,11,13,21,23H,4,7-10,12H2,1-3H3/t13?,18-,19?/m1/s1. The zero-order chi connectivity index (χ0) is 16.8. The van der Waals surface area contributed by atoms with E-state index in [0.717, 1.165) is 30.5 Å². The van der Waals surface area contributed by atoms with Gasteiger partial charge in [0.15, 0.2) is 0 Å². The van der Waals surface area contributed by atoms with Crippen molar-refractivity contribution in [1.29, 1.82) is 0 Å². The Morgan fingerprint density at radius 1 is 1.35 bits per heavy atom. The molecular weight excluding hydrogens is 290 g/mol. The number of phenols is 1. The van der Waals surface area contributed by atoms with Gasteiger partial charge in [0.1, 0.15) is 11.5 Å². The number of hydrogen-bond acceptors (Lipinski definition) is 4. The lowest BCUT2D eigenvalue weighted by atomic mass is 9.53. The maximum Gasteiger partial charge on any atom is 0.134 e. The molecule has 2 aliphatic rings. The molecule has 3 rings (SSSR count). The Bertz CT molecular complexity index is 629. The molecule has 23 heavy (non-hydrogen) atoms. The molecule has 0 bridgehead atoms. The van der Waals surface area contributed by atoms with Crippen LogP contribution in [0, 0.1) is 0 Å². The van der Waals surface area contributed by atoms with E-state index >= 15 is 0 Å². The van der Waals surface area contributed by atoms with Crippen molar-refractivity contribution in [3.05, 3.63) is 29.3 Å². The highest BCUT2D eigenvalue weighted by molar-refractivity contribution is 5.82. The average Bonchev–Trinajstić information content (AvgIpc) is 2.53. The number of Topliss-reactive ketones (excluding diaryl/α,β-unsaturated/α-hetero) is 1. The number of ketones is 1. The van der Waals surface area contributed by atoms with Crippen molar-refractivity contribution in [1.82, 2.24) is 4.90 Å². The highest BCUT2D eigenvalue weighted by Gasteiger charge is 2.60. The van der Waals surface area contributed by atoms with Gasteiger partial charge in [0.2, 0.25) is 0 Å². The first-order valence-electron chi connectivity index (χ1n) is 8.61. The van der Waals surface area contributed by atoms with Crippen LogP contribution >= 0.6 is 0 Å². The van der Waals surface area contributed by atoms with Gasteiger partial charge in [0, 0.05) is 24.3 Å². The zero-order valence-electron chi connectivity index (χ0n) is 14.3. The lowest BCUT2D eigenvalue weighted by Crippen LogP contribution is -2.69. The Balaban J connectivity index is 2.22. The maximum atomic E-state index is 12.3. The number of benzene rings is 1. The Morgan fingerprint density at radius 3 is 2.78 bits per heavy atom. The molecule has 2 N–H and O–H groups in total. The van der Waals surface area contributed by atoms with Crippen LogP contribution in [-0.2, 0) is 16.6 Å². The Morgan fingerprint density at radius 2 is 2.09 bits per heavy atom. The molecule has 126 valence electrons. The number of hydrogen-bond donors (Lipinski definition) is 2. The predicted molar refractivity (Wildman–Crippen MR) is 89.7 cm³/mol. The topological polar surface area (TPSA) is 60.8 Å². The van der Waals surface area contributed by atoms with E-state index in [2.05, 4.69) is 18.7 Å². The number of likely N-dealkylation sites (N-methyl/N-ethyl adjacent to an activating group) is 1. The monoisotopic (exact) mass is 317 g/mol. The van der Waals surface area contributed by atoms with Gasteiger partial charge in [0.05, 0.1) is 5.60 Å². The van der Waals surface area contributed by atoms with Gasteiger partial charge in [-0.15, -0.1) is 0 Å². The van der Waals surface area contributed by atoms with Crippen molar-refractivity contribution in [2.75, 3.05) is 13.6 Å². The van der Waals surface area contributed by atoms with E-state index in [-0.39, 0.29) is 17.6 Å². The molecule has 1 saturated heterocycles. The molecule has 4 heteroatoms. The molecule has 1 aliphatic carbocycles. The summed E-state index contributed by atoms with van der Waals surface area (Å²) in [6.45, 7) is 4.97. The zero-order valence-corrected chi connectivity index (χ0v) is 14.3. The normalized spacial score (nSPS) is 35.1. The number of likely N-dealkylation sites (tertiary alicyclic amines) is 1. The SMILES string of the molecule is CCc1ccc(O)cc1[C@]12CCN(C)C(C)C1(O)CCC(=O)C2. The molecule has 1 aliphatic heterocycles. The number of carbonyl (C=O) groups is 1. The molecule has 1 aromatic carbocycles. The number of fused-ring (bicyclic) bond motifs is 1. The highest BCUT2D eigenvalue weighted by Crippen LogP contribution is 2.54. The summed E-state index contributed by atoms with van der Waals surface area (Å²) in [6, 6.07) is 5.39. The number of aryl methyl sites for hydroxylation is 1. The summed E-state index contributed by atoms with van der Waals surface area (Å²) in [5, 5.41) is 21.7. The van der Waals surface area contributed by atoms with Gasteiger partial charge in [-0.2, -0.15) is 0 Å². The number of nitrogens with zero attached hydrogens (tertiary/aromatic N) is 1. The molecule has 4 nitrogen and oxygen atoms in total. The molecule has 2 unspecified atom stereocenters. The third-order valence-electron chi connectivity index (χ3n) is 6.35. The van der Waals surface area contributed by atoms with Crippen molar-refractivity contribution in [3.8, 4) is 5.75 Å². The maximum absolute atomic E-state index is 12.3. The minimum atomic E-state index is -0.939. The molecule has 2 fully saturated rings. The summed E-state index contributed by atoms with van der Waals surface area (Å²) in [6.07, 6.45) is 2.88. The van der Waals surface area contributed by atoms with Gasteiger partial charge in [-0.05, 0) is 63.0 Å². The van der Waals surface area contributed by atoms with Gasteiger partial charge >= 0.3 is 0 Å². The largest absolute Gasteiger partial charge is 0.508 e. The quantitative estimate of drug-likeness (QED) is 0.879. The van der Waals surface area contributed by atoms with Crippen LogP contribution in [0.25, 0.3) is 0 Å². The first-order chi connectivity index (χ1) is 10.8. The molecule has 0 aromatic heterocycles. The fourth-order valence-corrected chi connectivity index (χ4v) is 4.77. The molecular formula is C19H27NO3. The Labute approximate surface area is 138 Å². The fraction of sp³-hybridized carbons (Fsp3) is 0.632. The molecule has 1 aromatic rings. The van der Waals surface area contributed by atoms with Crippen LogP contribution in [-0.4, -0.2) is 46.1 Å². The van der Waals surface area contributed by atoms with Crippen molar-refractivity contribution < 1.29 is 15.0 Å². The van der Waals surface area contributed by atoms with Gasteiger partial charge in [-0.25, -0.2) is 0 Å². The van der Waals surface area contributed by atoms with Crippen LogP contribution in [0.2, 0.25) is 0 Å². The molecule has 0 amide bonds. The minimum Gasteiger partial charge on any atom is -0.508 e. The summed E-state index contributed by atoms with van der Waals surface area (Å²) in [4.78, 5) is 14.5. The third kappa shape index (κ3) is 2.31. The fourth-order valence-electron chi connectivity index (χ4n) is 4.77. The average molecular weight is 317 g/mol. The van der Waals surface area contributed by atoms with Gasteiger partial charge in [0.25, 0.3) is 0 Å². The minimum absolute atomic E-state index is 0.0172. The highest BCUT2D eigenvalue weighted by atomic mass is 16.3. The van der Waals surface area contributed by atoms with Crippen LogP contribution in [0.3, 0.4) is 0 Å². The number of piperidine rings is 1. The number of carbonyl (C=O) groups excluding carboxylic acids is 1. The van der Waals surface area contributed by atoms with E-state index in [1.54, 1.807) is 12.1 Å². The van der Waals surface area contributed by atoms with Crippen LogP contribution in [0.4, 0.5) is 0 Å². The summed E-state index contributed by atoms with van der Waals surface area (Å²) >= 11 is 0. The predicted octanol–water partition coefficient (Wildman–Crippen LogP) is 2.40. The van der Waals surface area contributed by atoms with Crippen molar-refractivity contribution in [2.24, 2.45) is 0 Å². The van der Waals surface area contributed by atoms with E-state index in [0.29, 0.717) is 19.3 Å². The second-order valence-corrected chi connectivity index (χ2v) is 7.32. The first kappa shape index (κ1) is 16.5. The van der Waals surface area contributed by atoms with Gasteiger partial charge < -0.3 is 15.1 Å². The second kappa shape index (κ2) is 5.60. The lowest BCUT2D eigenvalue weighted by molar-refractivity contribution is -0.161. The molecule has 0 spiro atoms. The summed E-state index contributed by atoms with van der Waals surface area (Å²) < 4.78 is 0. The lowest BCUT2D eigenvalue weighted by Gasteiger charge is -2.59. The second-order valence-electron chi connectivity index (χ2n) is 7.32. The number of aliphatic hydroxyl groups is 1. The van der Waals surface area contributed by atoms with Crippen molar-refractivity contribution >= 4 is 5.78 Å². The van der Waals surface area contributed by atoms with E-state index in [9.17, 15) is 15.0 Å². The summed E-state index contributed by atoms with van der Waals surface area (Å²) in [5.74, 6) is 0.426. The van der Waals surface area contributed by atoms with Crippen molar-refractivity contribution in [3.63, 3.8) is 0 Å². The van der Waals surface area contributed by atoms with Crippen LogP contribution in [0.5, 0.6) is 5.75 Å². The van der Waals surface area contributed by atoms with E-state index in [1.165, 1.54) is 0 Å². The Hall–Kier alpha value is -1.39. The smallest absolute Gasteiger partial charge is 0.134 e. The van der Waals surface area contributed by atoms with Crippen LogP contribution < -0.4 is 0 Å².